The molecule has 4 rings (SSSR count). The molecule has 0 bridgehead atoms. The van der Waals surface area contributed by atoms with Crippen molar-refractivity contribution in [2.45, 2.75) is 13.8 Å². The number of amides is 2. The molecule has 0 saturated carbocycles. The Hall–Kier alpha value is -3.53. The van der Waals surface area contributed by atoms with E-state index in [4.69, 9.17) is 0 Å². The number of aryl methyl sites for hydroxylation is 2. The van der Waals surface area contributed by atoms with E-state index < -0.39 is 0 Å². The van der Waals surface area contributed by atoms with Gasteiger partial charge in [0.2, 0.25) is 0 Å². The number of H-pyrrole nitrogens is 1. The lowest BCUT2D eigenvalue weighted by Crippen LogP contribution is -2.20. The second-order valence-corrected chi connectivity index (χ2v) is 6.68. The first-order valence-corrected chi connectivity index (χ1v) is 8.93. The third-order valence-electron chi connectivity index (χ3n) is 4.64. The van der Waals surface area contributed by atoms with E-state index in [1.165, 1.54) is 5.56 Å². The minimum atomic E-state index is -0.260. The molecule has 27 heavy (non-hydrogen) atoms. The molecule has 1 heterocycles. The highest BCUT2D eigenvalue weighted by molar-refractivity contribution is 6.10. The van der Waals surface area contributed by atoms with Gasteiger partial charge in [0.25, 0.3) is 0 Å². The first-order valence-electron chi connectivity index (χ1n) is 8.93. The Balaban J connectivity index is 1.69. The summed E-state index contributed by atoms with van der Waals surface area (Å²) in [5.41, 5.74) is 6.69. The van der Waals surface area contributed by atoms with Crippen molar-refractivity contribution in [3.63, 3.8) is 0 Å². The largest absolute Gasteiger partial charge is 0.353 e. The number of para-hydroxylation sites is 1. The second kappa shape index (κ2) is 7.00. The molecule has 4 heteroatoms. The second-order valence-electron chi connectivity index (χ2n) is 6.68. The molecule has 0 unspecified atom stereocenters. The summed E-state index contributed by atoms with van der Waals surface area (Å²) in [5.74, 6) is 0. The van der Waals surface area contributed by atoms with Crippen molar-refractivity contribution in [3.05, 3.63) is 83.9 Å². The van der Waals surface area contributed by atoms with Crippen molar-refractivity contribution in [1.82, 2.24) is 4.98 Å². The van der Waals surface area contributed by atoms with Gasteiger partial charge in [-0.25, -0.2) is 4.79 Å². The SMILES string of the molecule is Cc1ccc(NC(=O)Nc2c(-c3ccccc3)[nH]c3ccccc23)c(C)c1. The van der Waals surface area contributed by atoms with Crippen LogP contribution in [0.25, 0.3) is 22.2 Å². The predicted octanol–water partition coefficient (Wildman–Crippen LogP) is 6.10. The van der Waals surface area contributed by atoms with Gasteiger partial charge in [0.1, 0.15) is 0 Å². The van der Waals surface area contributed by atoms with E-state index in [0.29, 0.717) is 0 Å². The summed E-state index contributed by atoms with van der Waals surface area (Å²) in [6.45, 7) is 4.03. The quantitative estimate of drug-likeness (QED) is 0.409. The van der Waals surface area contributed by atoms with Crippen LogP contribution in [0.2, 0.25) is 0 Å². The number of aromatic nitrogens is 1. The number of hydrogen-bond acceptors (Lipinski definition) is 1. The van der Waals surface area contributed by atoms with Crippen LogP contribution in [0.4, 0.5) is 16.2 Å². The standard InChI is InChI=1S/C23H21N3O/c1-15-12-13-19(16(2)14-15)25-23(27)26-22-18-10-6-7-11-20(18)24-21(22)17-8-4-3-5-9-17/h3-14,24H,1-2H3,(H2,25,26,27). The zero-order valence-corrected chi connectivity index (χ0v) is 15.3. The summed E-state index contributed by atoms with van der Waals surface area (Å²) in [7, 11) is 0. The van der Waals surface area contributed by atoms with Crippen LogP contribution in [-0.2, 0) is 0 Å². The van der Waals surface area contributed by atoms with E-state index in [9.17, 15) is 4.79 Å². The van der Waals surface area contributed by atoms with E-state index in [-0.39, 0.29) is 6.03 Å². The Morgan fingerprint density at radius 3 is 2.37 bits per heavy atom. The molecule has 134 valence electrons. The van der Waals surface area contributed by atoms with E-state index in [1.807, 2.05) is 80.6 Å². The smallest absolute Gasteiger partial charge is 0.323 e. The Bertz CT molecular complexity index is 1110. The van der Waals surface area contributed by atoms with E-state index in [1.54, 1.807) is 0 Å². The predicted molar refractivity (Wildman–Crippen MR) is 112 cm³/mol. The summed E-state index contributed by atoms with van der Waals surface area (Å²) >= 11 is 0. The molecule has 0 spiro atoms. The summed E-state index contributed by atoms with van der Waals surface area (Å²) in [5, 5.41) is 6.98. The summed E-state index contributed by atoms with van der Waals surface area (Å²) in [6.07, 6.45) is 0. The third-order valence-corrected chi connectivity index (χ3v) is 4.64. The molecule has 0 aliphatic carbocycles. The van der Waals surface area contributed by atoms with Gasteiger partial charge in [-0.1, -0.05) is 66.2 Å². The molecule has 1 aromatic heterocycles. The summed E-state index contributed by atoms with van der Waals surface area (Å²) in [6, 6.07) is 23.7. The van der Waals surface area contributed by atoms with Crippen molar-refractivity contribution in [2.24, 2.45) is 0 Å². The van der Waals surface area contributed by atoms with Gasteiger partial charge in [-0.2, -0.15) is 0 Å². The van der Waals surface area contributed by atoms with Crippen LogP contribution in [-0.4, -0.2) is 11.0 Å². The number of fused-ring (bicyclic) bond motifs is 1. The maximum absolute atomic E-state index is 12.7. The number of carbonyl (C=O) groups is 1. The molecular formula is C23H21N3O. The van der Waals surface area contributed by atoms with Gasteiger partial charge in [0, 0.05) is 22.2 Å². The topological polar surface area (TPSA) is 56.9 Å². The van der Waals surface area contributed by atoms with Crippen molar-refractivity contribution in [1.29, 1.82) is 0 Å². The lowest BCUT2D eigenvalue weighted by atomic mass is 10.1. The molecule has 2 amide bonds. The lowest BCUT2D eigenvalue weighted by Gasteiger charge is -2.12. The van der Waals surface area contributed by atoms with Crippen molar-refractivity contribution in [3.8, 4) is 11.3 Å². The molecule has 0 aliphatic heterocycles. The highest BCUT2D eigenvalue weighted by atomic mass is 16.2. The molecule has 0 aliphatic rings. The molecule has 0 radical (unpaired) electrons. The van der Waals surface area contributed by atoms with Gasteiger partial charge in [-0.15, -0.1) is 0 Å². The van der Waals surface area contributed by atoms with Gasteiger partial charge < -0.3 is 15.6 Å². The first-order chi connectivity index (χ1) is 13.1. The molecule has 4 nitrogen and oxygen atoms in total. The third kappa shape index (κ3) is 3.42. The van der Waals surface area contributed by atoms with Crippen LogP contribution >= 0.6 is 0 Å². The maximum Gasteiger partial charge on any atom is 0.323 e. The fraction of sp³-hybridized carbons (Fsp3) is 0.0870. The van der Waals surface area contributed by atoms with Gasteiger partial charge in [-0.3, -0.25) is 0 Å². The lowest BCUT2D eigenvalue weighted by molar-refractivity contribution is 0.262. The van der Waals surface area contributed by atoms with Crippen molar-refractivity contribution >= 4 is 28.3 Å². The van der Waals surface area contributed by atoms with Crippen LogP contribution in [0, 0.1) is 13.8 Å². The zero-order valence-electron chi connectivity index (χ0n) is 15.3. The minimum absolute atomic E-state index is 0.260. The first kappa shape index (κ1) is 16.9. The Labute approximate surface area is 158 Å². The fourth-order valence-corrected chi connectivity index (χ4v) is 3.31. The maximum atomic E-state index is 12.7. The number of aromatic amines is 1. The van der Waals surface area contributed by atoms with Crippen LogP contribution in [0.5, 0.6) is 0 Å². The highest BCUT2D eigenvalue weighted by Gasteiger charge is 2.15. The number of anilines is 2. The van der Waals surface area contributed by atoms with Crippen LogP contribution < -0.4 is 10.6 Å². The van der Waals surface area contributed by atoms with Crippen LogP contribution in [0.3, 0.4) is 0 Å². The van der Waals surface area contributed by atoms with Crippen LogP contribution in [0.15, 0.2) is 72.8 Å². The Morgan fingerprint density at radius 2 is 1.59 bits per heavy atom. The van der Waals surface area contributed by atoms with E-state index in [2.05, 4.69) is 21.7 Å². The molecule has 0 fully saturated rings. The average Bonchev–Trinajstić information content (AvgIpc) is 3.03. The van der Waals surface area contributed by atoms with Gasteiger partial charge >= 0.3 is 6.03 Å². The molecule has 3 N–H and O–H groups in total. The highest BCUT2D eigenvalue weighted by Crippen LogP contribution is 2.35. The van der Waals surface area contributed by atoms with E-state index in [0.717, 1.165) is 39.1 Å². The monoisotopic (exact) mass is 355 g/mol. The van der Waals surface area contributed by atoms with Gasteiger partial charge in [0.05, 0.1) is 11.4 Å². The van der Waals surface area contributed by atoms with Gasteiger partial charge in [0.15, 0.2) is 0 Å². The number of carbonyl (C=O) groups excluding carboxylic acids is 1. The molecule has 0 atom stereocenters. The molecule has 0 saturated heterocycles. The number of rotatable bonds is 3. The van der Waals surface area contributed by atoms with Gasteiger partial charge in [-0.05, 0) is 31.5 Å². The average molecular weight is 355 g/mol. The molecular weight excluding hydrogens is 334 g/mol. The Kier molecular flexibility index (Phi) is 4.38. The number of nitrogens with one attached hydrogen (secondary N) is 3. The van der Waals surface area contributed by atoms with Crippen molar-refractivity contribution < 1.29 is 4.79 Å². The minimum Gasteiger partial charge on any atom is -0.353 e. The van der Waals surface area contributed by atoms with Crippen molar-refractivity contribution in [2.75, 3.05) is 10.6 Å². The Morgan fingerprint density at radius 1 is 0.852 bits per heavy atom. The number of urea groups is 1. The summed E-state index contributed by atoms with van der Waals surface area (Å²) in [4.78, 5) is 16.1. The van der Waals surface area contributed by atoms with Crippen LogP contribution in [0.1, 0.15) is 11.1 Å². The number of hydrogen-bond donors (Lipinski definition) is 3. The molecule has 3 aromatic carbocycles. The summed E-state index contributed by atoms with van der Waals surface area (Å²) < 4.78 is 0. The zero-order chi connectivity index (χ0) is 18.8. The molecule has 4 aromatic rings. The normalized spacial score (nSPS) is 10.7. The fourth-order valence-electron chi connectivity index (χ4n) is 3.31. The van der Waals surface area contributed by atoms with E-state index >= 15 is 0 Å². The number of benzene rings is 3.